The summed E-state index contributed by atoms with van der Waals surface area (Å²) >= 11 is 5.98. The van der Waals surface area contributed by atoms with E-state index in [1.54, 1.807) is 0 Å². The maximum atomic E-state index is 6.14. The normalized spacial score (nSPS) is 26.8. The fourth-order valence-corrected chi connectivity index (χ4v) is 2.95. The van der Waals surface area contributed by atoms with E-state index in [0.29, 0.717) is 17.9 Å². The van der Waals surface area contributed by atoms with E-state index in [1.807, 2.05) is 6.07 Å². The van der Waals surface area contributed by atoms with E-state index in [9.17, 15) is 0 Å². The first-order valence-corrected chi connectivity index (χ1v) is 8.26. The van der Waals surface area contributed by atoms with Gasteiger partial charge in [0.1, 0.15) is 6.10 Å². The average Bonchev–Trinajstić information content (AvgIpc) is 2.42. The highest BCUT2D eigenvalue weighted by molar-refractivity contribution is 6.17. The predicted molar refractivity (Wildman–Crippen MR) is 84.5 cm³/mol. The molecule has 1 fully saturated rings. The topological polar surface area (TPSA) is 22.1 Å². The van der Waals surface area contributed by atoms with Gasteiger partial charge < -0.3 is 4.74 Å². The molecule has 0 amide bonds. The van der Waals surface area contributed by atoms with E-state index < -0.39 is 0 Å². The van der Waals surface area contributed by atoms with Crippen LogP contribution in [-0.2, 0) is 5.88 Å². The fraction of sp³-hybridized carbons (Fsp3) is 0.706. The number of ether oxygens (including phenoxy) is 1. The molecule has 1 aliphatic rings. The molecule has 0 aliphatic heterocycles. The van der Waals surface area contributed by atoms with Crippen LogP contribution in [0.2, 0.25) is 0 Å². The Bertz CT molecular complexity index is 447. The molecule has 3 atom stereocenters. The van der Waals surface area contributed by atoms with Crippen molar-refractivity contribution in [3.63, 3.8) is 0 Å². The SMILES string of the molecule is CC(C)c1cc(CCl)cc(OC2CCC(C)C(C)C2)n1. The van der Waals surface area contributed by atoms with Gasteiger partial charge in [-0.05, 0) is 48.6 Å². The summed E-state index contributed by atoms with van der Waals surface area (Å²) in [5.74, 6) is 3.19. The molecule has 1 aliphatic carbocycles. The quantitative estimate of drug-likeness (QED) is 0.717. The van der Waals surface area contributed by atoms with Crippen molar-refractivity contribution in [1.29, 1.82) is 0 Å². The summed E-state index contributed by atoms with van der Waals surface area (Å²) in [5, 5.41) is 0. The number of aromatic nitrogens is 1. The Kier molecular flexibility index (Phi) is 5.31. The summed E-state index contributed by atoms with van der Waals surface area (Å²) in [4.78, 5) is 4.64. The van der Waals surface area contributed by atoms with E-state index in [1.165, 1.54) is 6.42 Å². The second kappa shape index (κ2) is 6.80. The van der Waals surface area contributed by atoms with Gasteiger partial charge in [0.25, 0.3) is 0 Å². The molecule has 0 saturated heterocycles. The maximum Gasteiger partial charge on any atom is 0.214 e. The lowest BCUT2D eigenvalue weighted by Gasteiger charge is -2.32. The molecule has 0 radical (unpaired) electrons. The molecular weight excluding hydrogens is 270 g/mol. The van der Waals surface area contributed by atoms with Crippen molar-refractivity contribution in [3.8, 4) is 5.88 Å². The molecule has 3 unspecified atom stereocenters. The molecule has 1 heterocycles. The number of hydrogen-bond donors (Lipinski definition) is 0. The summed E-state index contributed by atoms with van der Waals surface area (Å²) in [6.07, 6.45) is 3.82. The van der Waals surface area contributed by atoms with E-state index in [0.717, 1.165) is 41.8 Å². The molecule has 3 heteroatoms. The summed E-state index contributed by atoms with van der Waals surface area (Å²) in [6.45, 7) is 8.95. The van der Waals surface area contributed by atoms with Crippen molar-refractivity contribution < 1.29 is 4.74 Å². The minimum atomic E-state index is 0.305. The van der Waals surface area contributed by atoms with Crippen molar-refractivity contribution in [1.82, 2.24) is 4.98 Å². The largest absolute Gasteiger partial charge is 0.474 e. The molecule has 2 rings (SSSR count). The molecule has 1 aromatic heterocycles. The third kappa shape index (κ3) is 3.88. The van der Waals surface area contributed by atoms with Gasteiger partial charge in [-0.15, -0.1) is 11.6 Å². The minimum Gasteiger partial charge on any atom is -0.474 e. The highest BCUT2D eigenvalue weighted by Gasteiger charge is 2.26. The van der Waals surface area contributed by atoms with Gasteiger partial charge >= 0.3 is 0 Å². The van der Waals surface area contributed by atoms with Gasteiger partial charge in [0, 0.05) is 17.6 Å². The molecule has 0 bridgehead atoms. The molecule has 1 saturated carbocycles. The van der Waals surface area contributed by atoms with Crippen molar-refractivity contribution in [3.05, 3.63) is 23.4 Å². The lowest BCUT2D eigenvalue weighted by molar-refractivity contribution is 0.0961. The smallest absolute Gasteiger partial charge is 0.214 e. The van der Waals surface area contributed by atoms with Crippen molar-refractivity contribution >= 4 is 11.6 Å². The van der Waals surface area contributed by atoms with Gasteiger partial charge in [-0.25, -0.2) is 4.98 Å². The van der Waals surface area contributed by atoms with Crippen LogP contribution < -0.4 is 4.74 Å². The summed E-state index contributed by atoms with van der Waals surface area (Å²) in [6, 6.07) is 4.07. The maximum absolute atomic E-state index is 6.14. The van der Waals surface area contributed by atoms with Crippen LogP contribution in [0.4, 0.5) is 0 Å². The van der Waals surface area contributed by atoms with Gasteiger partial charge in [-0.1, -0.05) is 27.7 Å². The molecule has 0 aromatic carbocycles. The summed E-state index contributed by atoms with van der Waals surface area (Å²) in [5.41, 5.74) is 2.16. The zero-order chi connectivity index (χ0) is 14.7. The average molecular weight is 296 g/mol. The molecule has 2 nitrogen and oxygen atoms in total. The van der Waals surface area contributed by atoms with Crippen LogP contribution in [0.5, 0.6) is 5.88 Å². The third-order valence-electron chi connectivity index (χ3n) is 4.46. The monoisotopic (exact) mass is 295 g/mol. The van der Waals surface area contributed by atoms with Crippen LogP contribution in [0.3, 0.4) is 0 Å². The van der Waals surface area contributed by atoms with Crippen LogP contribution in [0.1, 0.15) is 64.1 Å². The Hall–Kier alpha value is -0.760. The van der Waals surface area contributed by atoms with E-state index in [2.05, 4.69) is 38.7 Å². The second-order valence-corrected chi connectivity index (χ2v) is 6.80. The number of nitrogens with zero attached hydrogens (tertiary/aromatic N) is 1. The number of pyridine rings is 1. The highest BCUT2D eigenvalue weighted by Crippen LogP contribution is 2.32. The number of alkyl halides is 1. The van der Waals surface area contributed by atoms with E-state index in [4.69, 9.17) is 16.3 Å². The molecule has 0 N–H and O–H groups in total. The first-order valence-electron chi connectivity index (χ1n) is 7.73. The minimum absolute atomic E-state index is 0.305. The van der Waals surface area contributed by atoms with Gasteiger partial charge in [0.15, 0.2) is 0 Å². The first-order chi connectivity index (χ1) is 9.49. The van der Waals surface area contributed by atoms with Crippen LogP contribution in [-0.4, -0.2) is 11.1 Å². The molecule has 0 spiro atoms. The Morgan fingerprint density at radius 3 is 2.60 bits per heavy atom. The van der Waals surface area contributed by atoms with Crippen molar-refractivity contribution in [2.24, 2.45) is 11.8 Å². The van der Waals surface area contributed by atoms with Gasteiger partial charge in [-0.2, -0.15) is 0 Å². The Morgan fingerprint density at radius 2 is 2.00 bits per heavy atom. The predicted octanol–water partition coefficient (Wildman–Crippen LogP) is 5.15. The Labute approximate surface area is 127 Å². The van der Waals surface area contributed by atoms with Crippen LogP contribution in [0, 0.1) is 11.8 Å². The van der Waals surface area contributed by atoms with E-state index >= 15 is 0 Å². The zero-order valence-corrected chi connectivity index (χ0v) is 13.8. The zero-order valence-electron chi connectivity index (χ0n) is 13.0. The van der Waals surface area contributed by atoms with Gasteiger partial charge in [-0.3, -0.25) is 0 Å². The summed E-state index contributed by atoms with van der Waals surface area (Å²) in [7, 11) is 0. The standard InChI is InChI=1S/C17H26ClNO/c1-11(2)16-8-14(10-18)9-17(19-16)20-15-6-5-12(3)13(4)7-15/h8-9,11-13,15H,5-7,10H2,1-4H3. The highest BCUT2D eigenvalue weighted by atomic mass is 35.5. The lowest BCUT2D eigenvalue weighted by Crippen LogP contribution is -2.29. The number of hydrogen-bond acceptors (Lipinski definition) is 2. The number of rotatable bonds is 4. The Morgan fingerprint density at radius 1 is 1.25 bits per heavy atom. The second-order valence-electron chi connectivity index (χ2n) is 6.53. The molecular formula is C17H26ClNO. The lowest BCUT2D eigenvalue weighted by atomic mass is 9.80. The summed E-state index contributed by atoms with van der Waals surface area (Å²) < 4.78 is 6.14. The van der Waals surface area contributed by atoms with Gasteiger partial charge in [0.2, 0.25) is 5.88 Å². The molecule has 20 heavy (non-hydrogen) atoms. The molecule has 112 valence electrons. The first kappa shape index (κ1) is 15.6. The van der Waals surface area contributed by atoms with Gasteiger partial charge in [0.05, 0.1) is 0 Å². The number of halogens is 1. The molecule has 1 aromatic rings. The van der Waals surface area contributed by atoms with Crippen LogP contribution in [0.25, 0.3) is 0 Å². The fourth-order valence-electron chi connectivity index (χ4n) is 2.79. The third-order valence-corrected chi connectivity index (χ3v) is 4.77. The van der Waals surface area contributed by atoms with E-state index in [-0.39, 0.29) is 0 Å². The van der Waals surface area contributed by atoms with Crippen molar-refractivity contribution in [2.45, 2.75) is 64.9 Å². The van der Waals surface area contributed by atoms with Crippen molar-refractivity contribution in [2.75, 3.05) is 0 Å². The Balaban J connectivity index is 2.10. The van der Waals surface area contributed by atoms with Crippen LogP contribution in [0.15, 0.2) is 12.1 Å². The van der Waals surface area contributed by atoms with Crippen LogP contribution >= 0.6 is 11.6 Å².